The van der Waals surface area contributed by atoms with Crippen molar-refractivity contribution in [2.24, 2.45) is 0 Å². The molecule has 0 aliphatic rings. The standard InChI is InChI=1S/C11H16N4O2/c16-8-4-2-6-12-11-10(14-17)9-5-1-3-7-15(9)13-11/h1,3,5,7,14,16-17H,2,4,6,8H2,(H,12,13). The van der Waals surface area contributed by atoms with Crippen molar-refractivity contribution in [3.8, 4) is 0 Å². The Bertz CT molecular complexity index is 483. The number of aromatic nitrogens is 2. The van der Waals surface area contributed by atoms with Gasteiger partial charge in [0.1, 0.15) is 5.69 Å². The van der Waals surface area contributed by atoms with Crippen molar-refractivity contribution in [1.82, 2.24) is 9.61 Å². The number of fused-ring (bicyclic) bond motifs is 1. The van der Waals surface area contributed by atoms with Crippen molar-refractivity contribution in [3.63, 3.8) is 0 Å². The van der Waals surface area contributed by atoms with Gasteiger partial charge in [0.2, 0.25) is 0 Å². The fourth-order valence-corrected chi connectivity index (χ4v) is 1.68. The fraction of sp³-hybridized carbons (Fsp3) is 0.364. The van der Waals surface area contributed by atoms with Crippen LogP contribution in [0.2, 0.25) is 0 Å². The number of aliphatic hydroxyl groups excluding tert-OH is 1. The molecule has 0 radical (unpaired) electrons. The van der Waals surface area contributed by atoms with E-state index < -0.39 is 0 Å². The first-order valence-corrected chi connectivity index (χ1v) is 5.59. The molecule has 92 valence electrons. The monoisotopic (exact) mass is 236 g/mol. The molecule has 0 atom stereocenters. The highest BCUT2D eigenvalue weighted by Gasteiger charge is 2.10. The highest BCUT2D eigenvalue weighted by molar-refractivity contribution is 5.82. The van der Waals surface area contributed by atoms with Gasteiger partial charge in [0.25, 0.3) is 0 Å². The van der Waals surface area contributed by atoms with Gasteiger partial charge >= 0.3 is 0 Å². The lowest BCUT2D eigenvalue weighted by molar-refractivity contribution is 0.286. The quantitative estimate of drug-likeness (QED) is 0.449. The predicted octanol–water partition coefficient (Wildman–Crippen LogP) is 1.32. The van der Waals surface area contributed by atoms with E-state index >= 15 is 0 Å². The van der Waals surface area contributed by atoms with E-state index in [9.17, 15) is 0 Å². The molecule has 2 heterocycles. The molecule has 0 aliphatic carbocycles. The van der Waals surface area contributed by atoms with Crippen molar-refractivity contribution in [2.75, 3.05) is 23.9 Å². The van der Waals surface area contributed by atoms with Crippen molar-refractivity contribution in [2.45, 2.75) is 12.8 Å². The van der Waals surface area contributed by atoms with Gasteiger partial charge in [-0.1, -0.05) is 6.07 Å². The first kappa shape index (κ1) is 11.7. The lowest BCUT2D eigenvalue weighted by Gasteiger charge is -2.03. The third-order valence-corrected chi connectivity index (χ3v) is 2.53. The molecule has 4 N–H and O–H groups in total. The van der Waals surface area contributed by atoms with Crippen LogP contribution in [0.15, 0.2) is 24.4 Å². The number of pyridine rings is 1. The van der Waals surface area contributed by atoms with Crippen LogP contribution < -0.4 is 10.8 Å². The second-order valence-corrected chi connectivity index (χ2v) is 3.72. The maximum atomic E-state index is 9.12. The van der Waals surface area contributed by atoms with Gasteiger partial charge in [-0.2, -0.15) is 0 Å². The molecule has 0 bridgehead atoms. The average molecular weight is 236 g/mol. The zero-order chi connectivity index (χ0) is 12.1. The van der Waals surface area contributed by atoms with Gasteiger partial charge in [-0.25, -0.2) is 4.52 Å². The molecule has 0 spiro atoms. The molecule has 6 heteroatoms. The number of hydrogen-bond acceptors (Lipinski definition) is 5. The molecule has 0 aromatic carbocycles. The molecule has 0 unspecified atom stereocenters. The Hall–Kier alpha value is -1.79. The summed E-state index contributed by atoms with van der Waals surface area (Å²) in [6.07, 6.45) is 3.42. The first-order valence-electron chi connectivity index (χ1n) is 5.59. The third-order valence-electron chi connectivity index (χ3n) is 2.53. The Morgan fingerprint density at radius 3 is 2.94 bits per heavy atom. The van der Waals surface area contributed by atoms with Crippen LogP contribution in [0.1, 0.15) is 12.8 Å². The number of aliphatic hydroxyl groups is 1. The zero-order valence-electron chi connectivity index (χ0n) is 9.43. The van der Waals surface area contributed by atoms with Gasteiger partial charge in [0.15, 0.2) is 5.82 Å². The molecule has 2 aromatic rings. The SMILES string of the molecule is OCCCCNc1nn2ccccc2c1NO. The van der Waals surface area contributed by atoms with Crippen LogP contribution in [0.3, 0.4) is 0 Å². The number of unbranched alkanes of at least 4 members (excludes halogenated alkanes) is 1. The fourth-order valence-electron chi connectivity index (χ4n) is 1.68. The summed E-state index contributed by atoms with van der Waals surface area (Å²) < 4.78 is 1.69. The normalized spacial score (nSPS) is 10.7. The van der Waals surface area contributed by atoms with Gasteiger partial charge < -0.3 is 10.4 Å². The van der Waals surface area contributed by atoms with Crippen LogP contribution >= 0.6 is 0 Å². The lowest BCUT2D eigenvalue weighted by atomic mass is 10.3. The van der Waals surface area contributed by atoms with Crippen LogP contribution in [0, 0.1) is 0 Å². The molecule has 2 aromatic heterocycles. The number of nitrogens with zero attached hydrogens (tertiary/aromatic N) is 2. The average Bonchev–Trinajstić information content (AvgIpc) is 2.72. The van der Waals surface area contributed by atoms with Gasteiger partial charge in [0, 0.05) is 19.3 Å². The Morgan fingerprint density at radius 2 is 2.18 bits per heavy atom. The largest absolute Gasteiger partial charge is 0.396 e. The molecule has 0 amide bonds. The maximum Gasteiger partial charge on any atom is 0.174 e. The molecule has 2 rings (SSSR count). The second-order valence-electron chi connectivity index (χ2n) is 3.72. The Labute approximate surface area is 98.8 Å². The van der Waals surface area contributed by atoms with E-state index in [0.717, 1.165) is 18.4 Å². The van der Waals surface area contributed by atoms with E-state index in [2.05, 4.69) is 15.9 Å². The molecule has 0 saturated carbocycles. The highest BCUT2D eigenvalue weighted by atomic mass is 16.5. The van der Waals surface area contributed by atoms with Gasteiger partial charge in [-0.15, -0.1) is 5.10 Å². The number of nitrogens with one attached hydrogen (secondary N) is 2. The van der Waals surface area contributed by atoms with Crippen molar-refractivity contribution >= 4 is 17.0 Å². The Kier molecular flexibility index (Phi) is 3.79. The van der Waals surface area contributed by atoms with E-state index in [1.165, 1.54) is 0 Å². The summed E-state index contributed by atoms with van der Waals surface area (Å²) in [5, 5.41) is 25.2. The maximum absolute atomic E-state index is 9.12. The number of rotatable bonds is 6. The van der Waals surface area contributed by atoms with Crippen LogP contribution in [-0.4, -0.2) is 33.1 Å². The molecule has 0 fully saturated rings. The van der Waals surface area contributed by atoms with Gasteiger partial charge in [-0.3, -0.25) is 10.7 Å². The minimum absolute atomic E-state index is 0.192. The molecular formula is C11H16N4O2. The first-order chi connectivity index (χ1) is 8.36. The topological polar surface area (TPSA) is 81.8 Å². The van der Waals surface area contributed by atoms with E-state index in [1.54, 1.807) is 4.52 Å². The summed E-state index contributed by atoms with van der Waals surface area (Å²) in [6.45, 7) is 0.900. The van der Waals surface area contributed by atoms with Gasteiger partial charge in [0.05, 0.1) is 5.52 Å². The Balaban J connectivity index is 2.15. The molecule has 0 aliphatic heterocycles. The minimum Gasteiger partial charge on any atom is -0.396 e. The van der Waals surface area contributed by atoms with Crippen LogP contribution in [0.25, 0.3) is 5.52 Å². The van der Waals surface area contributed by atoms with Crippen LogP contribution in [-0.2, 0) is 0 Å². The summed E-state index contributed by atoms with van der Waals surface area (Å²) in [5.41, 5.74) is 3.53. The summed E-state index contributed by atoms with van der Waals surface area (Å²) in [5.74, 6) is 0.608. The smallest absolute Gasteiger partial charge is 0.174 e. The summed E-state index contributed by atoms with van der Waals surface area (Å²) in [4.78, 5) is 0. The number of anilines is 2. The lowest BCUT2D eigenvalue weighted by Crippen LogP contribution is -2.05. The molecule has 6 nitrogen and oxygen atoms in total. The minimum atomic E-state index is 0.192. The molecule has 17 heavy (non-hydrogen) atoms. The van der Waals surface area contributed by atoms with E-state index in [4.69, 9.17) is 10.3 Å². The van der Waals surface area contributed by atoms with Crippen molar-refractivity contribution < 1.29 is 10.3 Å². The van der Waals surface area contributed by atoms with E-state index in [-0.39, 0.29) is 6.61 Å². The number of hydrogen-bond donors (Lipinski definition) is 4. The van der Waals surface area contributed by atoms with Crippen LogP contribution in [0.5, 0.6) is 0 Å². The molecule has 0 saturated heterocycles. The summed E-state index contributed by atoms with van der Waals surface area (Å²) >= 11 is 0. The summed E-state index contributed by atoms with van der Waals surface area (Å²) in [7, 11) is 0. The Morgan fingerprint density at radius 1 is 1.29 bits per heavy atom. The molecular weight excluding hydrogens is 220 g/mol. The second kappa shape index (κ2) is 5.51. The van der Waals surface area contributed by atoms with E-state index in [0.29, 0.717) is 18.1 Å². The summed E-state index contributed by atoms with van der Waals surface area (Å²) in [6, 6.07) is 5.62. The van der Waals surface area contributed by atoms with Crippen molar-refractivity contribution in [3.05, 3.63) is 24.4 Å². The van der Waals surface area contributed by atoms with Crippen molar-refractivity contribution in [1.29, 1.82) is 0 Å². The predicted molar refractivity (Wildman–Crippen MR) is 65.4 cm³/mol. The van der Waals surface area contributed by atoms with Gasteiger partial charge in [-0.05, 0) is 25.0 Å². The highest BCUT2D eigenvalue weighted by Crippen LogP contribution is 2.25. The van der Waals surface area contributed by atoms with Crippen LogP contribution in [0.4, 0.5) is 11.5 Å². The zero-order valence-corrected chi connectivity index (χ0v) is 9.43. The third kappa shape index (κ3) is 2.48. The van der Waals surface area contributed by atoms with E-state index in [1.807, 2.05) is 24.4 Å².